The molecule has 2 aromatic rings. The van der Waals surface area contributed by atoms with Crippen molar-refractivity contribution in [3.63, 3.8) is 0 Å². The molecule has 8 heteroatoms. The van der Waals surface area contributed by atoms with Crippen molar-refractivity contribution in [1.82, 2.24) is 15.5 Å². The fourth-order valence-electron chi connectivity index (χ4n) is 4.33. The van der Waals surface area contributed by atoms with E-state index in [-0.39, 0.29) is 30.8 Å². The van der Waals surface area contributed by atoms with Crippen LogP contribution in [0.2, 0.25) is 0 Å². The maximum absolute atomic E-state index is 12.8. The highest BCUT2D eigenvalue weighted by Crippen LogP contribution is 2.29. The topological polar surface area (TPSA) is 108 Å². The number of hydrogen-bond acceptors (Lipinski definition) is 4. The number of nitrogens with one attached hydrogen (secondary N) is 3. The van der Waals surface area contributed by atoms with E-state index >= 15 is 0 Å². The lowest BCUT2D eigenvalue weighted by atomic mass is 9.93. The van der Waals surface area contributed by atoms with Crippen molar-refractivity contribution in [2.45, 2.75) is 58.2 Å². The van der Waals surface area contributed by atoms with Crippen LogP contribution in [-0.2, 0) is 28.1 Å². The standard InChI is InChI=1S/C25H28N4O4/c1-4-15-5-7-17(8-6-15)25(2,3)28-24(33)26-18-9-10-19-16(13-18)14-29(23(19)32)20-11-12-21(30)27-22(20)31/h5-10,13,20H,4,11-12,14H2,1-3H3,(H2,26,28,33)(H,27,30,31). The van der Waals surface area contributed by atoms with E-state index in [1.165, 1.54) is 10.5 Å². The third kappa shape index (κ3) is 4.60. The molecule has 33 heavy (non-hydrogen) atoms. The fourth-order valence-corrected chi connectivity index (χ4v) is 4.33. The molecule has 0 saturated carbocycles. The molecule has 2 heterocycles. The van der Waals surface area contributed by atoms with E-state index < -0.39 is 17.5 Å². The summed E-state index contributed by atoms with van der Waals surface area (Å²) in [5.41, 5.74) is 3.44. The second-order valence-corrected chi connectivity index (χ2v) is 9.03. The predicted molar refractivity (Wildman–Crippen MR) is 123 cm³/mol. The molecule has 0 radical (unpaired) electrons. The zero-order chi connectivity index (χ0) is 23.8. The van der Waals surface area contributed by atoms with Crippen LogP contribution in [0.15, 0.2) is 42.5 Å². The van der Waals surface area contributed by atoms with Crippen LogP contribution in [0.4, 0.5) is 10.5 Å². The average Bonchev–Trinajstić information content (AvgIpc) is 3.09. The normalized spacial score (nSPS) is 18.1. The van der Waals surface area contributed by atoms with Crippen LogP contribution < -0.4 is 16.0 Å². The van der Waals surface area contributed by atoms with Gasteiger partial charge in [-0.1, -0.05) is 31.2 Å². The van der Waals surface area contributed by atoms with Crippen LogP contribution in [0.5, 0.6) is 0 Å². The zero-order valence-corrected chi connectivity index (χ0v) is 19.0. The van der Waals surface area contributed by atoms with Crippen molar-refractivity contribution in [2.24, 2.45) is 0 Å². The van der Waals surface area contributed by atoms with Crippen molar-refractivity contribution in [3.8, 4) is 0 Å². The van der Waals surface area contributed by atoms with E-state index in [2.05, 4.69) is 35.0 Å². The molecule has 3 N–H and O–H groups in total. The van der Waals surface area contributed by atoms with E-state index in [0.29, 0.717) is 17.7 Å². The third-order valence-electron chi connectivity index (χ3n) is 6.29. The van der Waals surface area contributed by atoms with E-state index in [1.54, 1.807) is 18.2 Å². The number of benzene rings is 2. The molecule has 0 aliphatic carbocycles. The van der Waals surface area contributed by atoms with Gasteiger partial charge >= 0.3 is 6.03 Å². The molecular weight excluding hydrogens is 420 g/mol. The van der Waals surface area contributed by atoms with Gasteiger partial charge in [-0.05, 0) is 61.6 Å². The minimum Gasteiger partial charge on any atom is -0.329 e. The summed E-state index contributed by atoms with van der Waals surface area (Å²) in [5, 5.41) is 8.13. The molecule has 4 rings (SSSR count). The van der Waals surface area contributed by atoms with Crippen LogP contribution in [0.25, 0.3) is 0 Å². The molecule has 0 spiro atoms. The first-order valence-electron chi connectivity index (χ1n) is 11.1. The van der Waals surface area contributed by atoms with Gasteiger partial charge in [0.1, 0.15) is 6.04 Å². The maximum Gasteiger partial charge on any atom is 0.319 e. The minimum absolute atomic E-state index is 0.209. The second kappa shape index (κ2) is 8.69. The summed E-state index contributed by atoms with van der Waals surface area (Å²) in [4.78, 5) is 50.6. The van der Waals surface area contributed by atoms with Gasteiger partial charge in [0, 0.05) is 24.2 Å². The summed E-state index contributed by atoms with van der Waals surface area (Å²) in [6.07, 6.45) is 1.48. The largest absolute Gasteiger partial charge is 0.329 e. The molecule has 1 atom stereocenters. The Morgan fingerprint density at radius 3 is 2.52 bits per heavy atom. The van der Waals surface area contributed by atoms with Crippen molar-refractivity contribution < 1.29 is 19.2 Å². The predicted octanol–water partition coefficient (Wildman–Crippen LogP) is 3.07. The number of hydrogen-bond donors (Lipinski definition) is 3. The summed E-state index contributed by atoms with van der Waals surface area (Å²) < 4.78 is 0. The summed E-state index contributed by atoms with van der Waals surface area (Å²) in [5.74, 6) is -1.01. The van der Waals surface area contributed by atoms with Crippen LogP contribution in [-0.4, -0.2) is 34.7 Å². The molecule has 5 amide bonds. The average molecular weight is 449 g/mol. The Bertz CT molecular complexity index is 1120. The highest BCUT2D eigenvalue weighted by molar-refractivity contribution is 6.05. The summed E-state index contributed by atoms with van der Waals surface area (Å²) >= 11 is 0. The first-order chi connectivity index (χ1) is 15.7. The van der Waals surface area contributed by atoms with E-state index in [0.717, 1.165) is 17.5 Å². The van der Waals surface area contributed by atoms with Gasteiger partial charge < -0.3 is 15.5 Å². The zero-order valence-electron chi connectivity index (χ0n) is 19.0. The van der Waals surface area contributed by atoms with Crippen molar-refractivity contribution in [1.29, 1.82) is 0 Å². The van der Waals surface area contributed by atoms with Gasteiger partial charge in [-0.15, -0.1) is 0 Å². The van der Waals surface area contributed by atoms with E-state index in [1.807, 2.05) is 26.0 Å². The SMILES string of the molecule is CCc1ccc(C(C)(C)NC(=O)Nc2ccc3c(c2)CN(C2CCC(=O)NC2=O)C3=O)cc1. The van der Waals surface area contributed by atoms with Crippen molar-refractivity contribution in [2.75, 3.05) is 5.32 Å². The van der Waals surface area contributed by atoms with Gasteiger partial charge in [0.25, 0.3) is 5.91 Å². The second-order valence-electron chi connectivity index (χ2n) is 9.03. The third-order valence-corrected chi connectivity index (χ3v) is 6.29. The molecule has 1 unspecified atom stereocenters. The molecule has 2 aromatic carbocycles. The Morgan fingerprint density at radius 1 is 1.12 bits per heavy atom. The van der Waals surface area contributed by atoms with Gasteiger partial charge in [-0.3, -0.25) is 19.7 Å². The highest BCUT2D eigenvalue weighted by Gasteiger charge is 2.39. The van der Waals surface area contributed by atoms with Crippen LogP contribution in [0.1, 0.15) is 60.7 Å². The maximum atomic E-state index is 12.8. The number of fused-ring (bicyclic) bond motifs is 1. The van der Waals surface area contributed by atoms with Gasteiger partial charge in [0.05, 0.1) is 5.54 Å². The monoisotopic (exact) mass is 448 g/mol. The smallest absolute Gasteiger partial charge is 0.319 e. The Balaban J connectivity index is 1.43. The summed E-state index contributed by atoms with van der Waals surface area (Å²) in [6.45, 7) is 6.23. The van der Waals surface area contributed by atoms with E-state index in [9.17, 15) is 19.2 Å². The lowest BCUT2D eigenvalue weighted by molar-refractivity contribution is -0.136. The first kappa shape index (κ1) is 22.5. The first-order valence-corrected chi connectivity index (χ1v) is 11.1. The Kier molecular flexibility index (Phi) is 5.93. The number of urea groups is 1. The van der Waals surface area contributed by atoms with Crippen LogP contribution in [0.3, 0.4) is 0 Å². The minimum atomic E-state index is -0.665. The number of anilines is 1. The quantitative estimate of drug-likeness (QED) is 0.611. The number of carbonyl (C=O) groups excluding carboxylic acids is 4. The molecule has 0 bridgehead atoms. The molecule has 172 valence electrons. The molecule has 2 aliphatic heterocycles. The highest BCUT2D eigenvalue weighted by atomic mass is 16.2. The number of piperidine rings is 1. The number of amides is 5. The molecule has 1 saturated heterocycles. The molecule has 8 nitrogen and oxygen atoms in total. The van der Waals surface area contributed by atoms with Gasteiger partial charge in [-0.25, -0.2) is 4.79 Å². The Morgan fingerprint density at radius 2 is 1.85 bits per heavy atom. The lowest BCUT2D eigenvalue weighted by Crippen LogP contribution is -2.52. The number of nitrogens with zero attached hydrogens (tertiary/aromatic N) is 1. The number of imide groups is 1. The molecule has 2 aliphatic rings. The number of aryl methyl sites for hydroxylation is 1. The van der Waals surface area contributed by atoms with Crippen LogP contribution in [0, 0.1) is 0 Å². The lowest BCUT2D eigenvalue weighted by Gasteiger charge is -2.29. The molecule has 0 aromatic heterocycles. The number of rotatable bonds is 5. The number of carbonyl (C=O) groups is 4. The Labute approximate surface area is 192 Å². The van der Waals surface area contributed by atoms with Crippen LogP contribution >= 0.6 is 0 Å². The summed E-state index contributed by atoms with van der Waals surface area (Å²) in [6, 6.07) is 12.2. The van der Waals surface area contributed by atoms with Crippen molar-refractivity contribution >= 4 is 29.4 Å². The van der Waals surface area contributed by atoms with Gasteiger partial charge in [-0.2, -0.15) is 0 Å². The van der Waals surface area contributed by atoms with E-state index in [4.69, 9.17) is 0 Å². The molecular formula is C25H28N4O4. The van der Waals surface area contributed by atoms with Gasteiger partial charge in [0.2, 0.25) is 11.8 Å². The molecule has 1 fully saturated rings. The fraction of sp³-hybridized carbons (Fsp3) is 0.360. The Hall–Kier alpha value is -3.68. The summed E-state index contributed by atoms with van der Waals surface area (Å²) in [7, 11) is 0. The van der Waals surface area contributed by atoms with Gasteiger partial charge in [0.15, 0.2) is 0 Å². The van der Waals surface area contributed by atoms with Crippen molar-refractivity contribution in [3.05, 3.63) is 64.7 Å².